The Balaban J connectivity index is 1.79. The Labute approximate surface area is 180 Å². The molecule has 1 aliphatic rings. The Morgan fingerprint density at radius 1 is 1.10 bits per heavy atom. The number of rotatable bonds is 5. The van der Waals surface area contributed by atoms with Crippen LogP contribution in [0.1, 0.15) is 43.5 Å². The highest BCUT2D eigenvalue weighted by Crippen LogP contribution is 2.30. The van der Waals surface area contributed by atoms with Crippen LogP contribution in [0.3, 0.4) is 0 Å². The highest BCUT2D eigenvalue weighted by molar-refractivity contribution is 9.10. The van der Waals surface area contributed by atoms with Crippen LogP contribution in [0, 0.1) is 0 Å². The molecule has 0 saturated carbocycles. The summed E-state index contributed by atoms with van der Waals surface area (Å²) in [5, 5.41) is 2.79. The molecule has 2 atom stereocenters. The molecule has 1 N–H and O–H groups in total. The van der Waals surface area contributed by atoms with E-state index in [1.54, 1.807) is 46.8 Å². The minimum absolute atomic E-state index is 0.0199. The predicted molar refractivity (Wildman–Crippen MR) is 117 cm³/mol. The number of piperidine rings is 1. The highest BCUT2D eigenvalue weighted by Gasteiger charge is 2.35. The Kier molecular flexibility index (Phi) is 6.65. The average Bonchev–Trinajstić information content (AvgIpc) is 2.68. The van der Waals surface area contributed by atoms with Crippen molar-refractivity contribution in [3.05, 3.63) is 52.5 Å². The highest BCUT2D eigenvalue weighted by atomic mass is 79.9. The monoisotopic (exact) mass is 480 g/mol. The van der Waals surface area contributed by atoms with E-state index in [-0.39, 0.29) is 22.9 Å². The van der Waals surface area contributed by atoms with Gasteiger partial charge in [-0.3, -0.25) is 4.79 Å². The summed E-state index contributed by atoms with van der Waals surface area (Å²) in [6.07, 6.45) is 2.78. The van der Waals surface area contributed by atoms with E-state index in [9.17, 15) is 13.2 Å². The molecule has 29 heavy (non-hydrogen) atoms. The van der Waals surface area contributed by atoms with Gasteiger partial charge in [-0.1, -0.05) is 6.42 Å². The quantitative estimate of drug-likeness (QED) is 0.674. The lowest BCUT2D eigenvalue weighted by Gasteiger charge is -2.37. The molecule has 8 heteroatoms. The number of nitrogens with zero attached hydrogens (tertiary/aromatic N) is 1. The molecule has 0 aromatic heterocycles. The molecule has 2 unspecified atom stereocenters. The van der Waals surface area contributed by atoms with Crippen molar-refractivity contribution in [1.82, 2.24) is 4.31 Å². The number of nitrogens with one attached hydrogen (secondary N) is 1. The molecule has 0 spiro atoms. The number of hydrogen-bond donors (Lipinski definition) is 1. The van der Waals surface area contributed by atoms with Crippen LogP contribution in [0.25, 0.3) is 0 Å². The molecule has 156 valence electrons. The van der Waals surface area contributed by atoms with Crippen molar-refractivity contribution in [3.8, 4) is 5.75 Å². The fourth-order valence-corrected chi connectivity index (χ4v) is 6.02. The van der Waals surface area contributed by atoms with Gasteiger partial charge in [0.05, 0.1) is 17.6 Å². The van der Waals surface area contributed by atoms with Crippen molar-refractivity contribution >= 4 is 37.5 Å². The van der Waals surface area contributed by atoms with Crippen molar-refractivity contribution < 1.29 is 17.9 Å². The van der Waals surface area contributed by atoms with Gasteiger partial charge >= 0.3 is 0 Å². The first kappa shape index (κ1) is 21.8. The molecular weight excluding hydrogens is 456 g/mol. The molecule has 1 heterocycles. The van der Waals surface area contributed by atoms with E-state index >= 15 is 0 Å². The van der Waals surface area contributed by atoms with E-state index in [1.807, 2.05) is 13.8 Å². The number of benzene rings is 2. The zero-order valence-corrected chi connectivity index (χ0v) is 19.1. The summed E-state index contributed by atoms with van der Waals surface area (Å²) in [6.45, 7) is 3.90. The first-order valence-corrected chi connectivity index (χ1v) is 11.8. The number of amides is 1. The number of halogens is 1. The van der Waals surface area contributed by atoms with Crippen LogP contribution >= 0.6 is 15.9 Å². The third kappa shape index (κ3) is 4.65. The van der Waals surface area contributed by atoms with Crippen LogP contribution in [-0.4, -0.2) is 37.8 Å². The van der Waals surface area contributed by atoms with Gasteiger partial charge in [-0.15, -0.1) is 0 Å². The normalized spacial score (nSPS) is 20.3. The summed E-state index contributed by atoms with van der Waals surface area (Å²) < 4.78 is 33.6. The average molecular weight is 481 g/mol. The van der Waals surface area contributed by atoms with Gasteiger partial charge in [0, 0.05) is 22.2 Å². The minimum Gasteiger partial charge on any atom is -0.497 e. The summed E-state index contributed by atoms with van der Waals surface area (Å²) in [6, 6.07) is 11.4. The summed E-state index contributed by atoms with van der Waals surface area (Å²) in [5.41, 5.74) is 0.945. The molecule has 3 rings (SSSR count). The van der Waals surface area contributed by atoms with E-state index in [1.165, 1.54) is 7.11 Å². The molecule has 0 radical (unpaired) electrons. The molecule has 2 aromatic rings. The van der Waals surface area contributed by atoms with Crippen molar-refractivity contribution in [2.24, 2.45) is 0 Å². The van der Waals surface area contributed by atoms with Gasteiger partial charge in [0.1, 0.15) is 5.75 Å². The van der Waals surface area contributed by atoms with E-state index in [4.69, 9.17) is 4.74 Å². The second-order valence-electron chi connectivity index (χ2n) is 7.29. The smallest absolute Gasteiger partial charge is 0.256 e. The van der Waals surface area contributed by atoms with Gasteiger partial charge in [-0.25, -0.2) is 8.42 Å². The lowest BCUT2D eigenvalue weighted by atomic mass is 10.0. The standard InChI is InChI=1S/C21H25BrN2O4S/c1-14-5-4-6-15(2)24(14)29(26,27)18-10-7-16(8-11-18)23-21(25)19-13-17(28-3)9-12-20(19)22/h7-15H,4-6H2,1-3H3,(H,23,25). The number of methoxy groups -OCH3 is 1. The summed E-state index contributed by atoms with van der Waals surface area (Å²) in [7, 11) is -2.04. The molecule has 1 amide bonds. The zero-order valence-electron chi connectivity index (χ0n) is 16.7. The Morgan fingerprint density at radius 2 is 1.72 bits per heavy atom. The third-order valence-corrected chi connectivity index (χ3v) is 8.05. The molecular formula is C21H25BrN2O4S. The van der Waals surface area contributed by atoms with Gasteiger partial charge in [-0.05, 0) is 85.1 Å². The van der Waals surface area contributed by atoms with Crippen LogP contribution in [0.4, 0.5) is 5.69 Å². The number of hydrogen-bond acceptors (Lipinski definition) is 4. The van der Waals surface area contributed by atoms with E-state index in [0.29, 0.717) is 21.5 Å². The zero-order chi connectivity index (χ0) is 21.2. The Morgan fingerprint density at radius 3 is 2.31 bits per heavy atom. The molecule has 1 saturated heterocycles. The third-order valence-electron chi connectivity index (χ3n) is 5.22. The predicted octanol–water partition coefficient (Wildman–Crippen LogP) is 4.66. The maximum atomic E-state index is 13.1. The van der Waals surface area contributed by atoms with E-state index in [0.717, 1.165) is 19.3 Å². The molecule has 1 fully saturated rings. The molecule has 2 aromatic carbocycles. The Bertz CT molecular complexity index is 982. The lowest BCUT2D eigenvalue weighted by Crippen LogP contribution is -2.47. The van der Waals surface area contributed by atoms with Gasteiger partial charge in [0.2, 0.25) is 10.0 Å². The molecule has 0 bridgehead atoms. The summed E-state index contributed by atoms with van der Waals surface area (Å²) in [5.74, 6) is 0.259. The number of ether oxygens (including phenoxy) is 1. The second-order valence-corrected chi connectivity index (χ2v) is 9.99. The van der Waals surface area contributed by atoms with Crippen molar-refractivity contribution in [2.75, 3.05) is 12.4 Å². The van der Waals surface area contributed by atoms with Crippen LogP contribution in [0.15, 0.2) is 51.8 Å². The second kappa shape index (κ2) is 8.85. The fraction of sp³-hybridized carbons (Fsp3) is 0.381. The molecule has 0 aliphatic carbocycles. The molecule has 6 nitrogen and oxygen atoms in total. The largest absolute Gasteiger partial charge is 0.497 e. The lowest BCUT2D eigenvalue weighted by molar-refractivity contribution is 0.102. The van der Waals surface area contributed by atoms with Crippen LogP contribution < -0.4 is 10.1 Å². The van der Waals surface area contributed by atoms with Crippen LogP contribution in [-0.2, 0) is 10.0 Å². The van der Waals surface area contributed by atoms with Crippen molar-refractivity contribution in [3.63, 3.8) is 0 Å². The maximum Gasteiger partial charge on any atom is 0.256 e. The minimum atomic E-state index is -3.58. The number of carbonyl (C=O) groups excluding carboxylic acids is 1. The summed E-state index contributed by atoms with van der Waals surface area (Å²) >= 11 is 3.37. The first-order chi connectivity index (χ1) is 13.7. The van der Waals surface area contributed by atoms with Gasteiger partial charge < -0.3 is 10.1 Å². The first-order valence-electron chi connectivity index (χ1n) is 9.52. The number of sulfonamides is 1. The van der Waals surface area contributed by atoms with Crippen molar-refractivity contribution in [2.45, 2.75) is 50.1 Å². The number of carbonyl (C=O) groups is 1. The Hall–Kier alpha value is -1.90. The van der Waals surface area contributed by atoms with E-state index in [2.05, 4.69) is 21.2 Å². The van der Waals surface area contributed by atoms with Gasteiger partial charge in [-0.2, -0.15) is 4.31 Å². The van der Waals surface area contributed by atoms with Gasteiger partial charge in [0.25, 0.3) is 5.91 Å². The van der Waals surface area contributed by atoms with Crippen molar-refractivity contribution in [1.29, 1.82) is 0 Å². The number of anilines is 1. The van der Waals surface area contributed by atoms with E-state index < -0.39 is 10.0 Å². The van der Waals surface area contributed by atoms with Crippen LogP contribution in [0.2, 0.25) is 0 Å². The molecule has 1 aliphatic heterocycles. The fourth-order valence-electron chi connectivity index (χ4n) is 3.71. The van der Waals surface area contributed by atoms with Gasteiger partial charge in [0.15, 0.2) is 0 Å². The topological polar surface area (TPSA) is 75.7 Å². The SMILES string of the molecule is COc1ccc(Br)c(C(=O)Nc2ccc(S(=O)(=O)N3C(C)CCCC3C)cc2)c1. The van der Waals surface area contributed by atoms with Crippen LogP contribution in [0.5, 0.6) is 5.75 Å². The summed E-state index contributed by atoms with van der Waals surface area (Å²) in [4.78, 5) is 12.8. The maximum absolute atomic E-state index is 13.1.